The van der Waals surface area contributed by atoms with Gasteiger partial charge in [0.2, 0.25) is 0 Å². The van der Waals surface area contributed by atoms with Crippen molar-refractivity contribution < 1.29 is 9.53 Å². The molecule has 0 bridgehead atoms. The number of urea groups is 1. The highest BCUT2D eigenvalue weighted by molar-refractivity contribution is 9.10. The van der Waals surface area contributed by atoms with Gasteiger partial charge in [-0.1, -0.05) is 28.1 Å². The number of aliphatic imine (C=N–C) groups is 1. The number of rotatable bonds is 3. The van der Waals surface area contributed by atoms with Gasteiger partial charge < -0.3 is 15.4 Å². The summed E-state index contributed by atoms with van der Waals surface area (Å²) >= 11 is 3.58. The van der Waals surface area contributed by atoms with Crippen LogP contribution in [-0.4, -0.2) is 37.0 Å². The third kappa shape index (κ3) is 1.71. The summed E-state index contributed by atoms with van der Waals surface area (Å²) in [4.78, 5) is 17.9. The van der Waals surface area contributed by atoms with Gasteiger partial charge in [0, 0.05) is 18.1 Å². The predicted octanol–water partition coefficient (Wildman–Crippen LogP) is 2.03. The molecule has 1 spiro atoms. The molecule has 106 valence electrons. The number of hydrogen-bond acceptors (Lipinski definition) is 3. The number of hydrogen-bond donors (Lipinski definition) is 1. The van der Waals surface area contributed by atoms with E-state index in [0.29, 0.717) is 19.0 Å². The van der Waals surface area contributed by atoms with Crippen molar-refractivity contribution in [1.29, 1.82) is 0 Å². The van der Waals surface area contributed by atoms with E-state index in [0.717, 1.165) is 22.9 Å². The summed E-state index contributed by atoms with van der Waals surface area (Å²) in [5, 5.41) is 0. The lowest BCUT2D eigenvalue weighted by Gasteiger charge is -2.35. The molecule has 0 saturated heterocycles. The highest BCUT2D eigenvalue weighted by Crippen LogP contribution is 2.46. The van der Waals surface area contributed by atoms with E-state index in [-0.39, 0.29) is 6.03 Å². The van der Waals surface area contributed by atoms with E-state index >= 15 is 0 Å². The lowest BCUT2D eigenvalue weighted by molar-refractivity contribution is 0.122. The third-order valence-electron chi connectivity index (χ3n) is 4.15. The van der Waals surface area contributed by atoms with Gasteiger partial charge in [0.15, 0.2) is 0 Å². The molecule has 2 aliphatic rings. The number of ether oxygens (including phenoxy) is 1. The Hall–Kier alpha value is -1.40. The molecule has 0 saturated carbocycles. The minimum atomic E-state index is -0.589. The highest BCUT2D eigenvalue weighted by Gasteiger charge is 2.53. The Kier molecular flexibility index (Phi) is 3.30. The molecule has 1 atom stereocenters. The van der Waals surface area contributed by atoms with Crippen molar-refractivity contribution in [2.45, 2.75) is 18.4 Å². The van der Waals surface area contributed by atoms with Gasteiger partial charge in [-0.25, -0.2) is 4.79 Å². The molecule has 20 heavy (non-hydrogen) atoms. The Morgan fingerprint density at radius 3 is 3.10 bits per heavy atom. The average Bonchev–Trinajstić information content (AvgIpc) is 2.91. The number of amidine groups is 1. The van der Waals surface area contributed by atoms with E-state index < -0.39 is 5.54 Å². The van der Waals surface area contributed by atoms with Gasteiger partial charge >= 0.3 is 6.03 Å². The van der Waals surface area contributed by atoms with Crippen LogP contribution in [0.15, 0.2) is 27.7 Å². The van der Waals surface area contributed by atoms with Crippen molar-refractivity contribution in [3.8, 4) is 0 Å². The Morgan fingerprint density at radius 1 is 1.55 bits per heavy atom. The Balaban J connectivity index is 2.10. The number of amides is 2. The van der Waals surface area contributed by atoms with Crippen molar-refractivity contribution in [1.82, 2.24) is 4.90 Å². The molecule has 0 aromatic heterocycles. The van der Waals surface area contributed by atoms with Crippen LogP contribution in [0.3, 0.4) is 0 Å². The van der Waals surface area contributed by atoms with Crippen LogP contribution in [0.25, 0.3) is 0 Å². The van der Waals surface area contributed by atoms with E-state index in [2.05, 4.69) is 20.9 Å². The molecule has 1 heterocycles. The van der Waals surface area contributed by atoms with Crippen LogP contribution < -0.4 is 5.73 Å². The first-order chi connectivity index (χ1) is 9.61. The number of nitrogens with two attached hydrogens (primary N) is 1. The summed E-state index contributed by atoms with van der Waals surface area (Å²) in [7, 11) is 1.62. The molecular formula is C14H16BrN3O2. The van der Waals surface area contributed by atoms with Crippen LogP contribution in [-0.2, 0) is 16.7 Å². The fourth-order valence-corrected chi connectivity index (χ4v) is 3.78. The number of fused-ring (bicyclic) bond motifs is 2. The quantitative estimate of drug-likeness (QED) is 0.917. The fraction of sp³-hybridized carbons (Fsp3) is 0.429. The van der Waals surface area contributed by atoms with Crippen LogP contribution >= 0.6 is 15.9 Å². The molecule has 5 nitrogen and oxygen atoms in total. The summed E-state index contributed by atoms with van der Waals surface area (Å²) in [6, 6.07) is 5.75. The summed E-state index contributed by atoms with van der Waals surface area (Å²) < 4.78 is 6.17. The molecule has 0 radical (unpaired) electrons. The highest BCUT2D eigenvalue weighted by atomic mass is 79.9. The first-order valence-corrected chi connectivity index (χ1v) is 7.33. The van der Waals surface area contributed by atoms with Gasteiger partial charge in [0.05, 0.1) is 6.61 Å². The van der Waals surface area contributed by atoms with Crippen LogP contribution in [0, 0.1) is 0 Å². The Labute approximate surface area is 125 Å². The van der Waals surface area contributed by atoms with Crippen molar-refractivity contribution in [3.63, 3.8) is 0 Å². The topological polar surface area (TPSA) is 67.9 Å². The molecular weight excluding hydrogens is 322 g/mol. The fourth-order valence-electron chi connectivity index (χ4n) is 3.21. The number of carbonyl (C=O) groups is 1. The molecule has 1 aliphatic heterocycles. The average molecular weight is 338 g/mol. The number of carbonyl (C=O) groups excluding carboxylic acids is 1. The largest absolute Gasteiger partial charge is 0.385 e. The maximum atomic E-state index is 12.1. The van der Waals surface area contributed by atoms with E-state index in [1.54, 1.807) is 12.0 Å². The summed E-state index contributed by atoms with van der Waals surface area (Å²) in [5.74, 6) is 0.399. The molecule has 2 N–H and O–H groups in total. The van der Waals surface area contributed by atoms with E-state index in [4.69, 9.17) is 10.5 Å². The lowest BCUT2D eigenvalue weighted by Crippen LogP contribution is -2.51. The van der Waals surface area contributed by atoms with Crippen molar-refractivity contribution in [3.05, 3.63) is 33.8 Å². The molecule has 1 unspecified atom stereocenters. The van der Waals surface area contributed by atoms with Crippen LogP contribution in [0.4, 0.5) is 4.79 Å². The second-order valence-corrected chi connectivity index (χ2v) is 5.90. The van der Waals surface area contributed by atoms with Crippen molar-refractivity contribution in [2.75, 3.05) is 20.3 Å². The van der Waals surface area contributed by atoms with Gasteiger partial charge in [-0.05, 0) is 30.0 Å². The van der Waals surface area contributed by atoms with Crippen LogP contribution in [0.2, 0.25) is 0 Å². The summed E-state index contributed by atoms with van der Waals surface area (Å²) in [6.45, 7) is 0.963. The molecule has 1 aromatic rings. The van der Waals surface area contributed by atoms with E-state index in [1.165, 1.54) is 5.56 Å². The molecule has 1 aliphatic carbocycles. The zero-order valence-electron chi connectivity index (χ0n) is 11.2. The molecule has 2 amide bonds. The number of methoxy groups -OCH3 is 1. The molecule has 3 rings (SSSR count). The standard InChI is InChI=1S/C14H16BrN3O2/c1-20-8-7-18-13(19)17-12(16)14(18)6-5-9-10(14)3-2-4-11(9)15/h2-4H,5-8H2,1H3,(H2,16,17,19). The Bertz CT molecular complexity index is 602. The molecule has 0 fully saturated rings. The maximum Gasteiger partial charge on any atom is 0.346 e. The smallest absolute Gasteiger partial charge is 0.346 e. The van der Waals surface area contributed by atoms with Gasteiger partial charge in [-0.3, -0.25) is 0 Å². The lowest BCUT2D eigenvalue weighted by atomic mass is 9.89. The first kappa shape index (κ1) is 13.6. The maximum absolute atomic E-state index is 12.1. The zero-order chi connectivity index (χ0) is 14.3. The van der Waals surface area contributed by atoms with Gasteiger partial charge in [-0.15, -0.1) is 0 Å². The summed E-state index contributed by atoms with van der Waals surface area (Å²) in [5.41, 5.74) is 7.82. The van der Waals surface area contributed by atoms with Crippen molar-refractivity contribution in [2.24, 2.45) is 10.7 Å². The number of nitrogens with zero attached hydrogens (tertiary/aromatic N) is 2. The number of benzene rings is 1. The Morgan fingerprint density at radius 2 is 2.35 bits per heavy atom. The second-order valence-electron chi connectivity index (χ2n) is 5.05. The van der Waals surface area contributed by atoms with Gasteiger partial charge in [-0.2, -0.15) is 4.99 Å². The minimum absolute atomic E-state index is 0.271. The predicted molar refractivity (Wildman–Crippen MR) is 79.7 cm³/mol. The minimum Gasteiger partial charge on any atom is -0.385 e. The zero-order valence-corrected chi connectivity index (χ0v) is 12.8. The summed E-state index contributed by atoms with van der Waals surface area (Å²) in [6.07, 6.45) is 1.65. The van der Waals surface area contributed by atoms with Crippen LogP contribution in [0.5, 0.6) is 0 Å². The van der Waals surface area contributed by atoms with E-state index in [9.17, 15) is 4.79 Å². The second kappa shape index (κ2) is 4.86. The molecule has 1 aromatic carbocycles. The molecule has 6 heteroatoms. The third-order valence-corrected chi connectivity index (χ3v) is 4.89. The van der Waals surface area contributed by atoms with Gasteiger partial charge in [0.1, 0.15) is 11.4 Å². The van der Waals surface area contributed by atoms with Crippen molar-refractivity contribution >= 4 is 27.8 Å². The van der Waals surface area contributed by atoms with Gasteiger partial charge in [0.25, 0.3) is 0 Å². The normalized spacial score (nSPS) is 24.4. The monoisotopic (exact) mass is 337 g/mol. The first-order valence-electron chi connectivity index (χ1n) is 6.54. The van der Waals surface area contributed by atoms with Crippen LogP contribution in [0.1, 0.15) is 17.5 Å². The SMILES string of the molecule is COCCN1C(=O)N=C(N)C12CCc1c(Br)cccc12. The number of halogens is 1. The van der Waals surface area contributed by atoms with E-state index in [1.807, 2.05) is 18.2 Å².